The van der Waals surface area contributed by atoms with Crippen LogP contribution in [0.1, 0.15) is 24.2 Å². The number of nitrogens with zero attached hydrogens (tertiary/aromatic N) is 1. The highest BCUT2D eigenvalue weighted by Gasteiger charge is 2.16. The molecule has 82 valence electrons. The van der Waals surface area contributed by atoms with Gasteiger partial charge in [0.2, 0.25) is 0 Å². The Morgan fingerprint density at radius 3 is 1.93 bits per heavy atom. The van der Waals surface area contributed by atoms with Crippen LogP contribution in [0.25, 0.3) is 0 Å². The molecular formula is C11H15NO3. The van der Waals surface area contributed by atoms with E-state index in [-0.39, 0.29) is 0 Å². The van der Waals surface area contributed by atoms with Gasteiger partial charge in [0.05, 0.1) is 0 Å². The van der Waals surface area contributed by atoms with Crippen molar-refractivity contribution in [1.29, 1.82) is 0 Å². The minimum atomic E-state index is -0.785. The largest absolute Gasteiger partial charge is 0.374 e. The summed E-state index contributed by atoms with van der Waals surface area (Å²) in [5.41, 5.74) is 1.24. The number of carbonyl (C=O) groups excluding carboxylic acids is 1. The van der Waals surface area contributed by atoms with E-state index < -0.39 is 12.5 Å². The summed E-state index contributed by atoms with van der Waals surface area (Å²) >= 11 is 0. The highest BCUT2D eigenvalue weighted by Crippen LogP contribution is 2.18. The van der Waals surface area contributed by atoms with Crippen LogP contribution in [0.3, 0.4) is 0 Å². The summed E-state index contributed by atoms with van der Waals surface area (Å²) in [6.45, 7) is 3.14. The summed E-state index contributed by atoms with van der Waals surface area (Å²) in [5.74, 6) is 0. The second-order valence-corrected chi connectivity index (χ2v) is 3.38. The SMILES string of the molecule is CC(O)N(c1ccc(C=O)cc1)C(C)O. The van der Waals surface area contributed by atoms with Crippen molar-refractivity contribution in [3.05, 3.63) is 29.8 Å². The number of hydrogen-bond donors (Lipinski definition) is 2. The van der Waals surface area contributed by atoms with E-state index in [4.69, 9.17) is 0 Å². The molecule has 2 N–H and O–H groups in total. The van der Waals surface area contributed by atoms with Gasteiger partial charge in [0.1, 0.15) is 18.7 Å². The van der Waals surface area contributed by atoms with E-state index in [0.717, 1.165) is 6.29 Å². The molecule has 0 bridgehead atoms. The normalized spacial score (nSPS) is 14.4. The number of benzene rings is 1. The number of aliphatic hydroxyl groups is 2. The van der Waals surface area contributed by atoms with Crippen LogP contribution in [0.5, 0.6) is 0 Å². The standard InChI is InChI=1S/C11H15NO3/c1-8(14)12(9(2)15)11-5-3-10(7-13)4-6-11/h3-9,14-15H,1-2H3. The van der Waals surface area contributed by atoms with Crippen LogP contribution in [-0.2, 0) is 0 Å². The lowest BCUT2D eigenvalue weighted by molar-refractivity contribution is 0.105. The number of aldehydes is 1. The molecule has 0 heterocycles. The first-order valence-corrected chi connectivity index (χ1v) is 4.76. The molecule has 0 aliphatic carbocycles. The van der Waals surface area contributed by atoms with E-state index >= 15 is 0 Å². The molecule has 4 nitrogen and oxygen atoms in total. The first-order chi connectivity index (χ1) is 7.06. The lowest BCUT2D eigenvalue weighted by Crippen LogP contribution is -2.40. The van der Waals surface area contributed by atoms with E-state index in [9.17, 15) is 15.0 Å². The van der Waals surface area contributed by atoms with Gasteiger partial charge in [-0.15, -0.1) is 0 Å². The summed E-state index contributed by atoms with van der Waals surface area (Å²) in [6.07, 6.45) is -0.821. The Hall–Kier alpha value is -1.39. The van der Waals surface area contributed by atoms with Crippen molar-refractivity contribution < 1.29 is 15.0 Å². The average Bonchev–Trinajstić information content (AvgIpc) is 2.18. The van der Waals surface area contributed by atoms with Gasteiger partial charge in [-0.05, 0) is 38.1 Å². The first kappa shape index (κ1) is 11.7. The van der Waals surface area contributed by atoms with E-state index in [1.807, 2.05) is 0 Å². The average molecular weight is 209 g/mol. The maximum Gasteiger partial charge on any atom is 0.150 e. The second-order valence-electron chi connectivity index (χ2n) is 3.38. The molecule has 0 aliphatic rings. The topological polar surface area (TPSA) is 60.8 Å². The van der Waals surface area contributed by atoms with Gasteiger partial charge in [0, 0.05) is 11.3 Å². The molecule has 4 heteroatoms. The maximum atomic E-state index is 10.4. The lowest BCUT2D eigenvalue weighted by Gasteiger charge is -2.30. The predicted molar refractivity (Wildman–Crippen MR) is 57.7 cm³/mol. The van der Waals surface area contributed by atoms with E-state index in [1.165, 1.54) is 4.90 Å². The third kappa shape index (κ3) is 2.78. The molecule has 0 aromatic heterocycles. The summed E-state index contributed by atoms with van der Waals surface area (Å²) in [5, 5.41) is 18.9. The van der Waals surface area contributed by atoms with Crippen LogP contribution >= 0.6 is 0 Å². The van der Waals surface area contributed by atoms with Gasteiger partial charge < -0.3 is 15.1 Å². The van der Waals surface area contributed by atoms with Crippen molar-refractivity contribution in [2.24, 2.45) is 0 Å². The minimum Gasteiger partial charge on any atom is -0.374 e. The van der Waals surface area contributed by atoms with Crippen molar-refractivity contribution in [3.63, 3.8) is 0 Å². The highest BCUT2D eigenvalue weighted by atomic mass is 16.3. The quantitative estimate of drug-likeness (QED) is 0.573. The van der Waals surface area contributed by atoms with Crippen LogP contribution in [0.15, 0.2) is 24.3 Å². The molecular weight excluding hydrogens is 194 g/mol. The van der Waals surface area contributed by atoms with Gasteiger partial charge in [-0.1, -0.05) is 0 Å². The molecule has 2 atom stereocenters. The molecule has 0 aliphatic heterocycles. The third-order valence-electron chi connectivity index (χ3n) is 2.13. The minimum absolute atomic E-state index is 0.565. The molecule has 1 aromatic carbocycles. The molecule has 15 heavy (non-hydrogen) atoms. The van der Waals surface area contributed by atoms with Crippen LogP contribution in [0.2, 0.25) is 0 Å². The molecule has 0 fully saturated rings. The van der Waals surface area contributed by atoms with Crippen LogP contribution in [-0.4, -0.2) is 29.0 Å². The summed E-state index contributed by atoms with van der Waals surface area (Å²) in [6, 6.07) is 6.65. The smallest absolute Gasteiger partial charge is 0.150 e. The van der Waals surface area contributed by atoms with E-state index in [1.54, 1.807) is 38.1 Å². The Bertz CT molecular complexity index is 311. The molecule has 0 spiro atoms. The zero-order valence-electron chi connectivity index (χ0n) is 8.79. The van der Waals surface area contributed by atoms with Crippen LogP contribution < -0.4 is 4.90 Å². The number of rotatable bonds is 4. The fourth-order valence-corrected chi connectivity index (χ4v) is 1.47. The number of carbonyl (C=O) groups is 1. The Morgan fingerprint density at radius 1 is 1.13 bits per heavy atom. The van der Waals surface area contributed by atoms with Crippen molar-refractivity contribution in [1.82, 2.24) is 0 Å². The number of hydrogen-bond acceptors (Lipinski definition) is 4. The highest BCUT2D eigenvalue weighted by molar-refractivity contribution is 5.75. The van der Waals surface area contributed by atoms with Crippen molar-refractivity contribution >= 4 is 12.0 Å². The Morgan fingerprint density at radius 2 is 1.60 bits per heavy atom. The predicted octanol–water partition coefficient (Wildman–Crippen LogP) is 0.982. The summed E-state index contributed by atoms with van der Waals surface area (Å²) < 4.78 is 0. The Kier molecular flexibility index (Phi) is 3.82. The number of aliphatic hydroxyl groups excluding tert-OH is 2. The van der Waals surface area contributed by atoms with E-state index in [0.29, 0.717) is 11.3 Å². The zero-order valence-corrected chi connectivity index (χ0v) is 8.79. The molecule has 0 amide bonds. The molecule has 1 aromatic rings. The lowest BCUT2D eigenvalue weighted by atomic mass is 10.2. The van der Waals surface area contributed by atoms with Gasteiger partial charge in [-0.2, -0.15) is 0 Å². The molecule has 0 saturated carbocycles. The third-order valence-corrected chi connectivity index (χ3v) is 2.13. The molecule has 1 rings (SSSR count). The monoisotopic (exact) mass is 209 g/mol. The van der Waals surface area contributed by atoms with Gasteiger partial charge in [0.25, 0.3) is 0 Å². The van der Waals surface area contributed by atoms with Gasteiger partial charge in [0.15, 0.2) is 0 Å². The Labute approximate surface area is 88.8 Å². The Balaban J connectivity index is 2.96. The van der Waals surface area contributed by atoms with Crippen molar-refractivity contribution in [2.45, 2.75) is 26.3 Å². The maximum absolute atomic E-state index is 10.4. The zero-order chi connectivity index (χ0) is 11.4. The van der Waals surface area contributed by atoms with Crippen molar-refractivity contribution in [2.75, 3.05) is 4.90 Å². The summed E-state index contributed by atoms with van der Waals surface area (Å²) in [7, 11) is 0. The van der Waals surface area contributed by atoms with Crippen LogP contribution in [0, 0.1) is 0 Å². The van der Waals surface area contributed by atoms with Gasteiger partial charge in [-0.25, -0.2) is 0 Å². The molecule has 0 radical (unpaired) electrons. The molecule has 2 unspecified atom stereocenters. The fraction of sp³-hybridized carbons (Fsp3) is 0.364. The first-order valence-electron chi connectivity index (χ1n) is 4.76. The van der Waals surface area contributed by atoms with E-state index in [2.05, 4.69) is 0 Å². The fourth-order valence-electron chi connectivity index (χ4n) is 1.47. The summed E-state index contributed by atoms with van der Waals surface area (Å²) in [4.78, 5) is 11.9. The van der Waals surface area contributed by atoms with Gasteiger partial charge in [-0.3, -0.25) is 4.79 Å². The molecule has 0 saturated heterocycles. The number of anilines is 1. The van der Waals surface area contributed by atoms with Crippen molar-refractivity contribution in [3.8, 4) is 0 Å². The van der Waals surface area contributed by atoms with Crippen LogP contribution in [0.4, 0.5) is 5.69 Å². The second kappa shape index (κ2) is 4.91. The van der Waals surface area contributed by atoms with Gasteiger partial charge >= 0.3 is 0 Å².